The van der Waals surface area contributed by atoms with Crippen molar-refractivity contribution in [2.45, 2.75) is 26.4 Å². The molecule has 0 radical (unpaired) electrons. The molecule has 0 bridgehead atoms. The normalized spacial score (nSPS) is 18.8. The second-order valence-electron chi connectivity index (χ2n) is 2.68. The Balaban J connectivity index is 4.51. The predicted molar refractivity (Wildman–Crippen MR) is 46.3 cm³/mol. The Morgan fingerprint density at radius 1 is 1.45 bits per heavy atom. The van der Waals surface area contributed by atoms with Crippen LogP contribution < -0.4 is 0 Å². The zero-order valence-corrected chi connectivity index (χ0v) is 7.33. The topological polar surface area (TPSA) is 40.5 Å². The number of rotatable bonds is 3. The van der Waals surface area contributed by atoms with Crippen LogP contribution in [0.1, 0.15) is 20.8 Å². The number of hydrogen-bond donors (Lipinski definition) is 2. The van der Waals surface area contributed by atoms with Crippen LogP contribution in [0.2, 0.25) is 0 Å². The molecule has 0 saturated heterocycles. The molecule has 0 spiro atoms. The summed E-state index contributed by atoms with van der Waals surface area (Å²) in [5, 5.41) is 18.3. The zero-order valence-electron chi connectivity index (χ0n) is 7.33. The maximum atomic E-state index is 9.54. The van der Waals surface area contributed by atoms with Crippen LogP contribution >= 0.6 is 0 Å². The highest BCUT2D eigenvalue weighted by Gasteiger charge is 2.21. The second kappa shape index (κ2) is 4.31. The van der Waals surface area contributed by atoms with Crippen molar-refractivity contribution in [1.82, 2.24) is 0 Å². The molecule has 0 rings (SSSR count). The Hall–Kier alpha value is -0.600. The maximum absolute atomic E-state index is 9.54. The van der Waals surface area contributed by atoms with E-state index in [0.29, 0.717) is 0 Å². The van der Waals surface area contributed by atoms with Crippen molar-refractivity contribution in [1.29, 1.82) is 0 Å². The quantitative estimate of drug-likeness (QED) is 0.604. The number of allylic oxidation sites excluding steroid dienone is 2. The van der Waals surface area contributed by atoms with Gasteiger partial charge >= 0.3 is 0 Å². The van der Waals surface area contributed by atoms with Gasteiger partial charge in [0.05, 0.1) is 6.61 Å². The van der Waals surface area contributed by atoms with E-state index in [-0.39, 0.29) is 6.61 Å². The number of aliphatic hydroxyl groups excluding tert-OH is 1. The Morgan fingerprint density at radius 3 is 2.27 bits per heavy atom. The van der Waals surface area contributed by atoms with Crippen molar-refractivity contribution in [3.63, 3.8) is 0 Å². The van der Waals surface area contributed by atoms with E-state index in [1.165, 1.54) is 0 Å². The first-order chi connectivity index (χ1) is 5.08. The molecular formula is C9H16O2. The third-order valence-electron chi connectivity index (χ3n) is 1.59. The molecule has 0 aromatic carbocycles. The van der Waals surface area contributed by atoms with E-state index in [0.717, 1.165) is 5.57 Å². The van der Waals surface area contributed by atoms with Crippen molar-refractivity contribution in [3.05, 3.63) is 23.8 Å². The minimum atomic E-state index is -1.11. The molecule has 0 saturated carbocycles. The van der Waals surface area contributed by atoms with Crippen LogP contribution in [-0.4, -0.2) is 22.4 Å². The molecule has 2 N–H and O–H groups in total. The molecule has 0 amide bonds. The minimum Gasteiger partial charge on any atom is -0.393 e. The summed E-state index contributed by atoms with van der Waals surface area (Å²) < 4.78 is 0. The Kier molecular flexibility index (Phi) is 4.08. The van der Waals surface area contributed by atoms with Crippen molar-refractivity contribution < 1.29 is 10.2 Å². The molecular weight excluding hydrogens is 140 g/mol. The van der Waals surface area contributed by atoms with Gasteiger partial charge in [0.1, 0.15) is 5.60 Å². The average molecular weight is 156 g/mol. The van der Waals surface area contributed by atoms with Gasteiger partial charge < -0.3 is 10.2 Å². The lowest BCUT2D eigenvalue weighted by molar-refractivity contribution is 0.0361. The van der Waals surface area contributed by atoms with E-state index in [1.54, 1.807) is 19.1 Å². The fraction of sp³-hybridized carbons (Fsp3) is 0.556. The lowest BCUT2D eigenvalue weighted by Gasteiger charge is -2.21. The van der Waals surface area contributed by atoms with Crippen LogP contribution in [0.5, 0.6) is 0 Å². The molecule has 11 heavy (non-hydrogen) atoms. The summed E-state index contributed by atoms with van der Waals surface area (Å²) in [6, 6.07) is 0. The van der Waals surface area contributed by atoms with Gasteiger partial charge in [-0.2, -0.15) is 0 Å². The van der Waals surface area contributed by atoms with Gasteiger partial charge in [-0.1, -0.05) is 18.2 Å². The van der Waals surface area contributed by atoms with Crippen molar-refractivity contribution >= 4 is 0 Å². The molecule has 0 heterocycles. The number of aliphatic hydroxyl groups is 2. The lowest BCUT2D eigenvalue weighted by Crippen LogP contribution is -2.30. The Bertz CT molecular complexity index is 166. The number of hydrogen-bond acceptors (Lipinski definition) is 2. The minimum absolute atomic E-state index is 0.253. The summed E-state index contributed by atoms with van der Waals surface area (Å²) in [6.07, 6.45) is 5.41. The van der Waals surface area contributed by atoms with E-state index in [2.05, 4.69) is 0 Å². The van der Waals surface area contributed by atoms with Gasteiger partial charge in [0.2, 0.25) is 0 Å². The molecule has 0 aliphatic rings. The van der Waals surface area contributed by atoms with E-state index >= 15 is 0 Å². The van der Waals surface area contributed by atoms with E-state index < -0.39 is 5.60 Å². The fourth-order valence-electron chi connectivity index (χ4n) is 0.858. The molecule has 64 valence electrons. The van der Waals surface area contributed by atoms with Gasteiger partial charge in [0.15, 0.2) is 0 Å². The summed E-state index contributed by atoms with van der Waals surface area (Å²) in [5.41, 5.74) is -0.371. The summed E-state index contributed by atoms with van der Waals surface area (Å²) in [6.45, 7) is 5.04. The van der Waals surface area contributed by atoms with Crippen LogP contribution in [0.4, 0.5) is 0 Å². The van der Waals surface area contributed by atoms with E-state index in [1.807, 2.05) is 19.9 Å². The highest BCUT2D eigenvalue weighted by atomic mass is 16.3. The molecule has 0 aliphatic heterocycles. The van der Waals surface area contributed by atoms with E-state index in [4.69, 9.17) is 5.11 Å². The summed E-state index contributed by atoms with van der Waals surface area (Å²) in [4.78, 5) is 0. The Labute approximate surface area is 67.9 Å². The van der Waals surface area contributed by atoms with E-state index in [9.17, 15) is 5.11 Å². The molecule has 0 aromatic rings. The smallest absolute Gasteiger partial charge is 0.109 e. The molecule has 2 nitrogen and oxygen atoms in total. The largest absolute Gasteiger partial charge is 0.393 e. The van der Waals surface area contributed by atoms with Crippen molar-refractivity contribution in [2.24, 2.45) is 0 Å². The van der Waals surface area contributed by atoms with Gasteiger partial charge in [-0.05, 0) is 26.3 Å². The first kappa shape index (κ1) is 10.4. The van der Waals surface area contributed by atoms with Crippen molar-refractivity contribution in [3.8, 4) is 0 Å². The zero-order chi connectivity index (χ0) is 8.91. The molecule has 0 aromatic heterocycles. The third-order valence-corrected chi connectivity index (χ3v) is 1.59. The standard InChI is InChI=1S/C9H16O2/c1-4-6-8(5-2)9(3,11)7-10/h4-6,10-11H,7H2,1-3H3. The predicted octanol–water partition coefficient (Wildman–Crippen LogP) is 1.25. The third kappa shape index (κ3) is 2.87. The molecule has 0 aliphatic carbocycles. The highest BCUT2D eigenvalue weighted by Crippen LogP contribution is 2.16. The van der Waals surface area contributed by atoms with Gasteiger partial charge in [-0.3, -0.25) is 0 Å². The SMILES string of the molecule is CC=CC(=CC)C(C)(O)CO. The monoisotopic (exact) mass is 156 g/mol. The lowest BCUT2D eigenvalue weighted by atomic mass is 9.96. The second-order valence-corrected chi connectivity index (χ2v) is 2.68. The summed E-state index contributed by atoms with van der Waals surface area (Å²) >= 11 is 0. The van der Waals surface area contributed by atoms with Crippen LogP contribution in [0, 0.1) is 0 Å². The summed E-state index contributed by atoms with van der Waals surface area (Å²) in [7, 11) is 0. The first-order valence-corrected chi connectivity index (χ1v) is 3.71. The van der Waals surface area contributed by atoms with Crippen LogP contribution in [0.15, 0.2) is 23.8 Å². The molecule has 0 fully saturated rings. The van der Waals surface area contributed by atoms with Crippen molar-refractivity contribution in [2.75, 3.05) is 6.61 Å². The first-order valence-electron chi connectivity index (χ1n) is 3.71. The highest BCUT2D eigenvalue weighted by molar-refractivity contribution is 5.26. The Morgan fingerprint density at radius 2 is 2.00 bits per heavy atom. The van der Waals surface area contributed by atoms with Crippen LogP contribution in [0.3, 0.4) is 0 Å². The van der Waals surface area contributed by atoms with Crippen LogP contribution in [-0.2, 0) is 0 Å². The van der Waals surface area contributed by atoms with Crippen LogP contribution in [0.25, 0.3) is 0 Å². The van der Waals surface area contributed by atoms with Gasteiger partial charge in [0, 0.05) is 0 Å². The van der Waals surface area contributed by atoms with Gasteiger partial charge in [-0.25, -0.2) is 0 Å². The van der Waals surface area contributed by atoms with Gasteiger partial charge in [-0.15, -0.1) is 0 Å². The molecule has 2 heteroatoms. The molecule has 1 atom stereocenters. The average Bonchev–Trinajstić information content (AvgIpc) is 2.00. The molecule has 1 unspecified atom stereocenters. The maximum Gasteiger partial charge on any atom is 0.109 e. The van der Waals surface area contributed by atoms with Gasteiger partial charge in [0.25, 0.3) is 0 Å². The summed E-state index contributed by atoms with van der Waals surface area (Å²) in [5.74, 6) is 0. The fourth-order valence-corrected chi connectivity index (χ4v) is 0.858.